The van der Waals surface area contributed by atoms with Gasteiger partial charge in [-0.15, -0.1) is 0 Å². The van der Waals surface area contributed by atoms with Crippen molar-refractivity contribution >= 4 is 0 Å². The number of nitrogens with zero attached hydrogens (tertiary/aromatic N) is 4. The van der Waals surface area contributed by atoms with Crippen LogP contribution in [-0.4, -0.2) is 30.8 Å². The maximum atomic E-state index is 13.1. The molecule has 3 rings (SSSR count). The highest BCUT2D eigenvalue weighted by molar-refractivity contribution is 5.41. The summed E-state index contributed by atoms with van der Waals surface area (Å²) in [5, 5.41) is 3.83. The minimum absolute atomic E-state index is 0.130. The Morgan fingerprint density at radius 1 is 1.33 bits per heavy atom. The predicted octanol–water partition coefficient (Wildman–Crippen LogP) is 3.75. The van der Waals surface area contributed by atoms with Gasteiger partial charge in [-0.2, -0.15) is 0 Å². The molecule has 1 aromatic rings. The predicted molar refractivity (Wildman–Crippen MR) is 77.8 cm³/mol. The Labute approximate surface area is 123 Å². The van der Waals surface area contributed by atoms with Gasteiger partial charge < -0.3 is 4.74 Å². The topological polar surface area (TPSA) is 61.2 Å². The third-order valence-corrected chi connectivity index (χ3v) is 4.20. The molecule has 0 aliphatic carbocycles. The zero-order valence-corrected chi connectivity index (χ0v) is 11.9. The average Bonchev–Trinajstić information content (AvgIpc) is 2.50. The largest absolute Gasteiger partial charge is 0.493 e. The first-order chi connectivity index (χ1) is 10.3. The Morgan fingerprint density at radius 3 is 2.90 bits per heavy atom. The van der Waals surface area contributed by atoms with E-state index < -0.39 is 6.17 Å². The van der Waals surface area contributed by atoms with Crippen molar-refractivity contribution in [3.05, 3.63) is 39.8 Å². The van der Waals surface area contributed by atoms with Gasteiger partial charge in [0.15, 0.2) is 0 Å². The molecule has 0 amide bonds. The molecule has 0 N–H and O–H groups in total. The molecule has 5 nitrogen and oxygen atoms in total. The summed E-state index contributed by atoms with van der Waals surface area (Å²) in [4.78, 5) is 5.18. The fourth-order valence-electron chi connectivity index (χ4n) is 3.01. The number of likely N-dealkylation sites (tertiary alicyclic amines) is 1. The van der Waals surface area contributed by atoms with Crippen molar-refractivity contribution in [2.24, 2.45) is 5.11 Å². The Kier molecular flexibility index (Phi) is 4.27. The fraction of sp³-hybridized carbons (Fsp3) is 0.600. The van der Waals surface area contributed by atoms with Gasteiger partial charge >= 0.3 is 0 Å². The van der Waals surface area contributed by atoms with Gasteiger partial charge in [0.1, 0.15) is 11.9 Å². The molecule has 6 heteroatoms. The third-order valence-electron chi connectivity index (χ3n) is 4.20. The molecule has 2 aliphatic rings. The summed E-state index contributed by atoms with van der Waals surface area (Å²) >= 11 is 0. The summed E-state index contributed by atoms with van der Waals surface area (Å²) < 4.78 is 18.8. The Balaban J connectivity index is 1.72. The van der Waals surface area contributed by atoms with Crippen LogP contribution in [-0.2, 0) is 6.54 Å². The average molecular weight is 290 g/mol. The summed E-state index contributed by atoms with van der Waals surface area (Å²) in [6.07, 6.45) is 1.33. The number of benzene rings is 1. The van der Waals surface area contributed by atoms with Gasteiger partial charge in [0.05, 0.1) is 12.6 Å². The Bertz CT molecular complexity index is 551. The summed E-state index contributed by atoms with van der Waals surface area (Å²) in [6.45, 7) is 3.00. The lowest BCUT2D eigenvalue weighted by Gasteiger charge is -2.29. The first-order valence-electron chi connectivity index (χ1n) is 7.42. The number of piperidine rings is 1. The van der Waals surface area contributed by atoms with Crippen LogP contribution in [0.2, 0.25) is 0 Å². The van der Waals surface area contributed by atoms with Gasteiger partial charge in [0.2, 0.25) is 0 Å². The number of hydrogen-bond donors (Lipinski definition) is 0. The third kappa shape index (κ3) is 3.28. The minimum atomic E-state index is -0.641. The molecule has 1 fully saturated rings. The van der Waals surface area contributed by atoms with Crippen LogP contribution in [0, 0.1) is 0 Å². The summed E-state index contributed by atoms with van der Waals surface area (Å²) in [5.41, 5.74) is 10.7. The van der Waals surface area contributed by atoms with Crippen LogP contribution in [0.5, 0.6) is 5.75 Å². The molecule has 112 valence electrons. The van der Waals surface area contributed by atoms with Crippen LogP contribution in [0.4, 0.5) is 4.39 Å². The monoisotopic (exact) mass is 290 g/mol. The number of azide groups is 1. The molecular formula is C15H19FN4O. The van der Waals surface area contributed by atoms with E-state index in [9.17, 15) is 4.39 Å². The number of rotatable bonds is 3. The molecule has 1 unspecified atom stereocenters. The minimum Gasteiger partial charge on any atom is -0.493 e. The maximum Gasteiger partial charge on any atom is 0.123 e. The second-order valence-corrected chi connectivity index (χ2v) is 5.68. The van der Waals surface area contributed by atoms with E-state index in [-0.39, 0.29) is 6.04 Å². The van der Waals surface area contributed by atoms with Crippen LogP contribution >= 0.6 is 0 Å². The van der Waals surface area contributed by atoms with Crippen LogP contribution in [0.15, 0.2) is 23.3 Å². The van der Waals surface area contributed by atoms with E-state index in [0.29, 0.717) is 19.4 Å². The maximum absolute atomic E-state index is 13.1. The molecule has 1 atom stereocenters. The van der Waals surface area contributed by atoms with E-state index in [1.807, 2.05) is 12.1 Å². The van der Waals surface area contributed by atoms with Gasteiger partial charge in [-0.3, -0.25) is 4.90 Å². The zero-order chi connectivity index (χ0) is 14.7. The van der Waals surface area contributed by atoms with E-state index in [1.165, 1.54) is 0 Å². The fourth-order valence-corrected chi connectivity index (χ4v) is 3.01. The highest BCUT2D eigenvalue weighted by atomic mass is 19.1. The zero-order valence-electron chi connectivity index (χ0n) is 11.9. The lowest BCUT2D eigenvalue weighted by molar-refractivity contribution is 0.145. The van der Waals surface area contributed by atoms with Crippen LogP contribution < -0.4 is 4.74 Å². The van der Waals surface area contributed by atoms with Crippen molar-refractivity contribution in [1.82, 2.24) is 4.90 Å². The van der Waals surface area contributed by atoms with Gasteiger partial charge in [0.25, 0.3) is 0 Å². The molecule has 0 bridgehead atoms. The second kappa shape index (κ2) is 6.33. The quantitative estimate of drug-likeness (QED) is 0.483. The van der Waals surface area contributed by atoms with E-state index in [1.54, 1.807) is 0 Å². The highest BCUT2D eigenvalue weighted by Crippen LogP contribution is 2.35. The van der Waals surface area contributed by atoms with Crippen molar-refractivity contribution in [3.63, 3.8) is 0 Å². The molecule has 0 radical (unpaired) electrons. The van der Waals surface area contributed by atoms with Crippen molar-refractivity contribution in [2.45, 2.75) is 38.0 Å². The highest BCUT2D eigenvalue weighted by Gasteiger charge is 2.22. The Morgan fingerprint density at radius 2 is 2.14 bits per heavy atom. The number of halogens is 1. The van der Waals surface area contributed by atoms with Crippen LogP contribution in [0.25, 0.3) is 10.4 Å². The summed E-state index contributed by atoms with van der Waals surface area (Å²) in [6, 6.07) is 5.94. The van der Waals surface area contributed by atoms with Crippen molar-refractivity contribution < 1.29 is 9.13 Å². The van der Waals surface area contributed by atoms with E-state index in [2.05, 4.69) is 21.0 Å². The molecule has 0 spiro atoms. The number of ether oxygens (including phenoxy) is 1. The normalized spacial score (nSPS) is 23.0. The van der Waals surface area contributed by atoms with Crippen molar-refractivity contribution in [3.8, 4) is 5.75 Å². The molecule has 0 saturated carbocycles. The van der Waals surface area contributed by atoms with Crippen molar-refractivity contribution in [1.29, 1.82) is 0 Å². The SMILES string of the molecule is [N-]=[N+]=NC1CCOc2cc(CN3CCC(F)CC3)ccc21. The molecule has 21 heavy (non-hydrogen) atoms. The lowest BCUT2D eigenvalue weighted by Crippen LogP contribution is -2.33. The van der Waals surface area contributed by atoms with E-state index in [4.69, 9.17) is 10.3 Å². The van der Waals surface area contributed by atoms with Crippen molar-refractivity contribution in [2.75, 3.05) is 19.7 Å². The van der Waals surface area contributed by atoms with Gasteiger partial charge in [0, 0.05) is 30.1 Å². The molecule has 2 heterocycles. The Hall–Kier alpha value is -1.78. The first kappa shape index (κ1) is 14.2. The molecular weight excluding hydrogens is 271 g/mol. The van der Waals surface area contributed by atoms with Gasteiger partial charge in [-0.25, -0.2) is 4.39 Å². The summed E-state index contributed by atoms with van der Waals surface area (Å²) in [7, 11) is 0. The van der Waals surface area contributed by atoms with Crippen LogP contribution in [0.3, 0.4) is 0 Å². The van der Waals surface area contributed by atoms with Gasteiger partial charge in [-0.1, -0.05) is 17.2 Å². The lowest BCUT2D eigenvalue weighted by atomic mass is 9.99. The number of hydrogen-bond acceptors (Lipinski definition) is 3. The molecule has 1 saturated heterocycles. The summed E-state index contributed by atoms with van der Waals surface area (Å²) in [5.74, 6) is 0.816. The second-order valence-electron chi connectivity index (χ2n) is 5.68. The first-order valence-corrected chi connectivity index (χ1v) is 7.42. The smallest absolute Gasteiger partial charge is 0.123 e. The van der Waals surface area contributed by atoms with Crippen LogP contribution in [0.1, 0.15) is 36.4 Å². The van der Waals surface area contributed by atoms with Gasteiger partial charge in [-0.05, 0) is 36.4 Å². The molecule has 0 aromatic heterocycles. The van der Waals surface area contributed by atoms with E-state index >= 15 is 0 Å². The standard InChI is InChI=1S/C15H19FN4O/c16-12-3-6-20(7-4-12)10-11-1-2-13-14(18-19-17)5-8-21-15(13)9-11/h1-2,9,12,14H,3-8,10H2. The molecule has 1 aromatic carbocycles. The number of fused-ring (bicyclic) bond motifs is 1. The van der Waals surface area contributed by atoms with E-state index in [0.717, 1.165) is 42.9 Å². The molecule has 2 aliphatic heterocycles. The number of alkyl halides is 1.